The molecule has 2 fully saturated rings. The summed E-state index contributed by atoms with van der Waals surface area (Å²) in [4.78, 5) is 2.85. The molecule has 1 aliphatic heterocycles. The molecule has 0 aromatic heterocycles. The molecule has 0 amide bonds. The smallest absolute Gasteiger partial charge is 0.0645 e. The summed E-state index contributed by atoms with van der Waals surface area (Å²) in [6.07, 6.45) is 8.88. The highest BCUT2D eigenvalue weighted by atomic mass is 28.3. The monoisotopic (exact) mass is 211 g/mol. The van der Waals surface area contributed by atoms with Crippen LogP contribution in [0.2, 0.25) is 19.1 Å². The van der Waals surface area contributed by atoms with Gasteiger partial charge in [-0.05, 0) is 32.0 Å². The predicted molar refractivity (Wildman–Crippen MR) is 65.3 cm³/mol. The average molecular weight is 211 g/mol. The van der Waals surface area contributed by atoms with Crippen molar-refractivity contribution in [2.75, 3.05) is 6.17 Å². The molecule has 1 nitrogen and oxygen atoms in total. The molecule has 1 aliphatic carbocycles. The Kier molecular flexibility index (Phi) is 3.03. The molecular weight excluding hydrogens is 186 g/mol. The van der Waals surface area contributed by atoms with E-state index in [0.29, 0.717) is 0 Å². The molecule has 1 saturated heterocycles. The third-order valence-corrected chi connectivity index (χ3v) is 6.99. The van der Waals surface area contributed by atoms with Crippen molar-refractivity contribution in [3.05, 3.63) is 0 Å². The molecule has 1 saturated carbocycles. The zero-order chi connectivity index (χ0) is 10.2. The number of hydrogen-bond donors (Lipinski definition) is 0. The molecule has 0 spiro atoms. The maximum absolute atomic E-state index is 2.85. The lowest BCUT2D eigenvalue weighted by molar-refractivity contribution is 0.157. The first-order valence-corrected chi connectivity index (χ1v) is 9.76. The van der Waals surface area contributed by atoms with Crippen molar-refractivity contribution in [1.82, 2.24) is 4.90 Å². The highest BCUT2D eigenvalue weighted by Gasteiger charge is 2.39. The van der Waals surface area contributed by atoms with Crippen LogP contribution in [0.25, 0.3) is 0 Å². The second-order valence-corrected chi connectivity index (χ2v) is 11.2. The first-order valence-electron chi connectivity index (χ1n) is 6.34. The molecule has 1 atom stereocenters. The topological polar surface area (TPSA) is 3.24 Å². The largest absolute Gasteiger partial charge is 0.301 e. The molecule has 2 aliphatic rings. The average Bonchev–Trinajstić information content (AvgIpc) is 2.41. The molecule has 1 heterocycles. The SMILES string of the molecule is C[C@H]1C[Si](C)(C)CN1C1CCCCC1. The summed E-state index contributed by atoms with van der Waals surface area (Å²) in [5, 5.41) is 0. The van der Waals surface area contributed by atoms with Crippen LogP contribution in [0.15, 0.2) is 0 Å². The van der Waals surface area contributed by atoms with Crippen molar-refractivity contribution >= 4 is 8.07 Å². The summed E-state index contributed by atoms with van der Waals surface area (Å²) in [5.74, 6) is 0. The van der Waals surface area contributed by atoms with Gasteiger partial charge in [-0.15, -0.1) is 0 Å². The molecule has 0 aromatic carbocycles. The van der Waals surface area contributed by atoms with Gasteiger partial charge >= 0.3 is 0 Å². The molecule has 0 bridgehead atoms. The van der Waals surface area contributed by atoms with Gasteiger partial charge in [0.25, 0.3) is 0 Å². The van der Waals surface area contributed by atoms with Crippen LogP contribution in [0.3, 0.4) is 0 Å². The van der Waals surface area contributed by atoms with Crippen LogP contribution in [0, 0.1) is 0 Å². The van der Waals surface area contributed by atoms with Crippen LogP contribution in [-0.4, -0.2) is 31.2 Å². The summed E-state index contributed by atoms with van der Waals surface area (Å²) in [6, 6.07) is 3.37. The van der Waals surface area contributed by atoms with E-state index in [1.165, 1.54) is 44.3 Å². The second kappa shape index (κ2) is 3.97. The van der Waals surface area contributed by atoms with Crippen LogP contribution >= 0.6 is 0 Å². The summed E-state index contributed by atoms with van der Waals surface area (Å²) in [7, 11) is -0.824. The van der Waals surface area contributed by atoms with Crippen molar-refractivity contribution in [2.45, 2.75) is 70.2 Å². The fourth-order valence-corrected chi connectivity index (χ4v) is 7.05. The molecule has 2 heteroatoms. The van der Waals surface area contributed by atoms with Gasteiger partial charge in [-0.1, -0.05) is 32.4 Å². The predicted octanol–water partition coefficient (Wildman–Crippen LogP) is 3.27. The van der Waals surface area contributed by atoms with Gasteiger partial charge in [0.05, 0.1) is 8.07 Å². The number of hydrogen-bond acceptors (Lipinski definition) is 1. The molecule has 14 heavy (non-hydrogen) atoms. The summed E-state index contributed by atoms with van der Waals surface area (Å²) in [6.45, 7) is 7.58. The highest BCUT2D eigenvalue weighted by Crippen LogP contribution is 2.33. The van der Waals surface area contributed by atoms with Gasteiger partial charge in [-0.2, -0.15) is 0 Å². The van der Waals surface area contributed by atoms with Crippen molar-refractivity contribution in [3.63, 3.8) is 0 Å². The maximum Gasteiger partial charge on any atom is 0.0645 e. The summed E-state index contributed by atoms with van der Waals surface area (Å²) in [5.41, 5.74) is 0. The van der Waals surface area contributed by atoms with E-state index in [-0.39, 0.29) is 0 Å². The van der Waals surface area contributed by atoms with Crippen LogP contribution in [-0.2, 0) is 0 Å². The number of nitrogens with zero attached hydrogens (tertiary/aromatic N) is 1. The molecule has 0 N–H and O–H groups in total. The molecular formula is C12H25NSi. The first-order chi connectivity index (χ1) is 6.58. The standard InChI is InChI=1S/C12H25NSi/c1-11-9-14(2,3)10-13(11)12-7-5-4-6-8-12/h11-12H,4-10H2,1-3H3/t11-/m0/s1. The summed E-state index contributed by atoms with van der Waals surface area (Å²) < 4.78 is 0. The van der Waals surface area contributed by atoms with E-state index >= 15 is 0 Å². The van der Waals surface area contributed by atoms with Crippen molar-refractivity contribution in [3.8, 4) is 0 Å². The zero-order valence-electron chi connectivity index (χ0n) is 10.1. The lowest BCUT2D eigenvalue weighted by Gasteiger charge is -2.34. The van der Waals surface area contributed by atoms with E-state index in [9.17, 15) is 0 Å². The Bertz CT molecular complexity index is 196. The van der Waals surface area contributed by atoms with Gasteiger partial charge < -0.3 is 4.90 Å². The van der Waals surface area contributed by atoms with Crippen LogP contribution < -0.4 is 0 Å². The van der Waals surface area contributed by atoms with Gasteiger partial charge in [0.1, 0.15) is 0 Å². The third kappa shape index (κ3) is 2.22. The van der Waals surface area contributed by atoms with Crippen molar-refractivity contribution in [1.29, 1.82) is 0 Å². The van der Waals surface area contributed by atoms with E-state index < -0.39 is 8.07 Å². The van der Waals surface area contributed by atoms with Crippen LogP contribution in [0.5, 0.6) is 0 Å². The second-order valence-electron chi connectivity index (χ2n) is 6.18. The highest BCUT2D eigenvalue weighted by molar-refractivity contribution is 6.78. The quantitative estimate of drug-likeness (QED) is 0.602. The maximum atomic E-state index is 2.85. The Hall–Kier alpha value is 0.177. The minimum absolute atomic E-state index is 0.824. The van der Waals surface area contributed by atoms with Gasteiger partial charge in [-0.3, -0.25) is 0 Å². The third-order valence-electron chi connectivity index (χ3n) is 4.07. The Morgan fingerprint density at radius 3 is 2.21 bits per heavy atom. The lowest BCUT2D eigenvalue weighted by Crippen LogP contribution is -2.41. The molecule has 2 rings (SSSR count). The van der Waals surface area contributed by atoms with Crippen molar-refractivity contribution < 1.29 is 0 Å². The van der Waals surface area contributed by atoms with E-state index in [0.717, 1.165) is 12.1 Å². The first kappa shape index (κ1) is 10.7. The van der Waals surface area contributed by atoms with E-state index in [4.69, 9.17) is 0 Å². The fourth-order valence-electron chi connectivity index (χ4n) is 3.53. The Morgan fingerprint density at radius 2 is 1.71 bits per heavy atom. The van der Waals surface area contributed by atoms with Gasteiger partial charge in [0.2, 0.25) is 0 Å². The lowest BCUT2D eigenvalue weighted by atomic mass is 9.94. The fraction of sp³-hybridized carbons (Fsp3) is 1.00. The Labute approximate surface area is 89.9 Å². The van der Waals surface area contributed by atoms with Crippen LogP contribution in [0.1, 0.15) is 39.0 Å². The normalized spacial score (nSPS) is 34.9. The Balaban J connectivity index is 1.97. The minimum Gasteiger partial charge on any atom is -0.301 e. The van der Waals surface area contributed by atoms with Crippen LogP contribution in [0.4, 0.5) is 0 Å². The number of rotatable bonds is 1. The van der Waals surface area contributed by atoms with Crippen molar-refractivity contribution in [2.24, 2.45) is 0 Å². The van der Waals surface area contributed by atoms with Gasteiger partial charge in [0.15, 0.2) is 0 Å². The zero-order valence-corrected chi connectivity index (χ0v) is 11.1. The minimum atomic E-state index is -0.824. The molecule has 0 unspecified atom stereocenters. The van der Waals surface area contributed by atoms with E-state index in [1.54, 1.807) is 0 Å². The van der Waals surface area contributed by atoms with E-state index in [1.807, 2.05) is 0 Å². The van der Waals surface area contributed by atoms with Gasteiger partial charge in [0, 0.05) is 12.1 Å². The molecule has 0 radical (unpaired) electrons. The Morgan fingerprint density at radius 1 is 1.07 bits per heavy atom. The van der Waals surface area contributed by atoms with Gasteiger partial charge in [-0.25, -0.2) is 0 Å². The molecule has 0 aromatic rings. The van der Waals surface area contributed by atoms with E-state index in [2.05, 4.69) is 24.9 Å². The molecule has 82 valence electrons. The summed E-state index contributed by atoms with van der Waals surface area (Å²) >= 11 is 0.